The molecule has 0 spiro atoms. The quantitative estimate of drug-likeness (QED) is 0.327. The summed E-state index contributed by atoms with van der Waals surface area (Å²) >= 11 is 0. The summed E-state index contributed by atoms with van der Waals surface area (Å²) in [5, 5.41) is 8.50. The van der Waals surface area contributed by atoms with E-state index in [0.717, 1.165) is 0 Å². The molecular weight excluding hydrogens is 198 g/mol. The van der Waals surface area contributed by atoms with Gasteiger partial charge >= 0.3 is 5.97 Å². The summed E-state index contributed by atoms with van der Waals surface area (Å²) in [5.41, 5.74) is 10.7. The zero-order valence-corrected chi connectivity index (χ0v) is 9.14. The molecule has 0 amide bonds. The number of ether oxygens (including phenoxy) is 1. The van der Waals surface area contributed by atoms with Crippen molar-refractivity contribution in [3.8, 4) is 0 Å². The van der Waals surface area contributed by atoms with E-state index in [1.165, 1.54) is 0 Å². The van der Waals surface area contributed by atoms with Crippen molar-refractivity contribution in [1.82, 2.24) is 0 Å². The van der Waals surface area contributed by atoms with E-state index in [9.17, 15) is 4.79 Å². The predicted octanol–water partition coefficient (Wildman–Crippen LogP) is -0.0818. The van der Waals surface area contributed by atoms with E-state index >= 15 is 0 Å². The van der Waals surface area contributed by atoms with Crippen LogP contribution in [0.25, 0.3) is 0 Å². The second-order valence-corrected chi connectivity index (χ2v) is 3.47. The Labute approximate surface area is 89.3 Å². The Bertz CT molecular complexity index is 229. The molecule has 0 aromatic heterocycles. The van der Waals surface area contributed by atoms with Crippen molar-refractivity contribution in [2.45, 2.75) is 38.8 Å². The van der Waals surface area contributed by atoms with Crippen LogP contribution in [0.5, 0.6) is 0 Å². The van der Waals surface area contributed by atoms with Gasteiger partial charge in [-0.05, 0) is 26.7 Å². The fraction of sp³-hybridized carbons (Fsp3) is 0.778. The number of carboxylic acids is 1. The molecule has 0 bridgehead atoms. The van der Waals surface area contributed by atoms with E-state index in [1.54, 1.807) is 0 Å². The third-order valence-electron chi connectivity index (χ3n) is 1.61. The average molecular weight is 217 g/mol. The molecule has 0 fully saturated rings. The highest BCUT2D eigenvalue weighted by atomic mass is 16.5. The summed E-state index contributed by atoms with van der Waals surface area (Å²) < 4.78 is 5.08. The Morgan fingerprint density at radius 1 is 1.53 bits per heavy atom. The van der Waals surface area contributed by atoms with E-state index in [-0.39, 0.29) is 12.1 Å². The van der Waals surface area contributed by atoms with Gasteiger partial charge in [0.2, 0.25) is 0 Å². The van der Waals surface area contributed by atoms with Gasteiger partial charge in [-0.15, -0.1) is 0 Å². The Kier molecular flexibility index (Phi) is 6.44. The number of nitrogens with two attached hydrogens (primary N) is 2. The van der Waals surface area contributed by atoms with Crippen LogP contribution in [0.3, 0.4) is 0 Å². The molecule has 0 aliphatic carbocycles. The van der Waals surface area contributed by atoms with Gasteiger partial charge in [-0.3, -0.25) is 4.79 Å². The Hall–Kier alpha value is -1.30. The molecule has 0 aromatic carbocycles. The summed E-state index contributed by atoms with van der Waals surface area (Å²) in [6.07, 6.45) is 0.957. The maximum absolute atomic E-state index is 10.4. The number of carbonyl (C=O) groups is 1. The molecule has 0 aliphatic heterocycles. The molecule has 0 saturated heterocycles. The minimum absolute atomic E-state index is 0.00461. The Morgan fingerprint density at radius 3 is 2.60 bits per heavy atom. The van der Waals surface area contributed by atoms with E-state index in [0.29, 0.717) is 19.4 Å². The van der Waals surface area contributed by atoms with Crippen molar-refractivity contribution in [3.63, 3.8) is 0 Å². The number of nitrogens with zero attached hydrogens (tertiary/aromatic N) is 1. The van der Waals surface area contributed by atoms with Crippen molar-refractivity contribution in [3.05, 3.63) is 0 Å². The van der Waals surface area contributed by atoms with Gasteiger partial charge in [0.25, 0.3) is 6.02 Å². The van der Waals surface area contributed by atoms with Crippen LogP contribution in [0, 0.1) is 0 Å². The first-order valence-electron chi connectivity index (χ1n) is 4.88. The van der Waals surface area contributed by atoms with Gasteiger partial charge in [0.05, 0.1) is 6.10 Å². The van der Waals surface area contributed by atoms with Crippen LogP contribution in [0.4, 0.5) is 0 Å². The molecule has 0 heterocycles. The molecule has 0 aliphatic rings. The lowest BCUT2D eigenvalue weighted by molar-refractivity contribution is -0.138. The molecule has 6 nitrogen and oxygen atoms in total. The van der Waals surface area contributed by atoms with Gasteiger partial charge in [0.1, 0.15) is 6.04 Å². The van der Waals surface area contributed by atoms with Crippen molar-refractivity contribution in [2.24, 2.45) is 16.5 Å². The third kappa shape index (κ3) is 7.75. The van der Waals surface area contributed by atoms with Gasteiger partial charge in [-0.25, -0.2) is 4.99 Å². The van der Waals surface area contributed by atoms with Crippen LogP contribution in [-0.2, 0) is 9.53 Å². The fourth-order valence-electron chi connectivity index (χ4n) is 0.903. The summed E-state index contributed by atoms with van der Waals surface area (Å²) in [7, 11) is 0. The SMILES string of the molecule is CC(C)OC(N)=NCCC[C@H](N)C(=O)O. The second-order valence-electron chi connectivity index (χ2n) is 3.47. The molecule has 0 unspecified atom stereocenters. The highest BCUT2D eigenvalue weighted by molar-refractivity contribution is 5.73. The number of carboxylic acid groups (broad SMARTS) is 1. The van der Waals surface area contributed by atoms with Crippen molar-refractivity contribution in [2.75, 3.05) is 6.54 Å². The first kappa shape index (κ1) is 13.7. The molecule has 5 N–H and O–H groups in total. The first-order valence-corrected chi connectivity index (χ1v) is 4.88. The van der Waals surface area contributed by atoms with Crippen molar-refractivity contribution >= 4 is 12.0 Å². The third-order valence-corrected chi connectivity index (χ3v) is 1.61. The zero-order chi connectivity index (χ0) is 11.8. The van der Waals surface area contributed by atoms with Crippen LogP contribution in [0.2, 0.25) is 0 Å². The molecule has 0 radical (unpaired) electrons. The van der Waals surface area contributed by atoms with Gasteiger partial charge in [0, 0.05) is 6.54 Å². The maximum Gasteiger partial charge on any atom is 0.320 e. The first-order chi connectivity index (χ1) is 6.93. The number of aliphatic imine (C=N–C) groups is 1. The molecule has 0 saturated carbocycles. The summed E-state index contributed by atoms with van der Waals surface area (Å²) in [4.78, 5) is 14.3. The number of rotatable bonds is 6. The Morgan fingerprint density at radius 2 is 2.13 bits per heavy atom. The molecular formula is C9H19N3O3. The Balaban J connectivity index is 3.65. The molecule has 15 heavy (non-hydrogen) atoms. The van der Waals surface area contributed by atoms with Crippen LogP contribution >= 0.6 is 0 Å². The average Bonchev–Trinajstić information content (AvgIpc) is 2.10. The number of aliphatic carboxylic acids is 1. The normalized spacial score (nSPS) is 14.0. The fourth-order valence-corrected chi connectivity index (χ4v) is 0.903. The van der Waals surface area contributed by atoms with Gasteiger partial charge in [0.15, 0.2) is 0 Å². The molecule has 0 rings (SSSR count). The van der Waals surface area contributed by atoms with Gasteiger partial charge in [-0.2, -0.15) is 0 Å². The number of amidine groups is 1. The summed E-state index contributed by atoms with van der Waals surface area (Å²) in [6.45, 7) is 4.13. The lowest BCUT2D eigenvalue weighted by Gasteiger charge is -2.08. The summed E-state index contributed by atoms with van der Waals surface area (Å²) in [5.74, 6) is -0.995. The van der Waals surface area contributed by atoms with Crippen LogP contribution in [0.15, 0.2) is 4.99 Å². The second kappa shape index (κ2) is 7.05. The number of hydrogen-bond donors (Lipinski definition) is 3. The largest absolute Gasteiger partial charge is 0.480 e. The number of hydrogen-bond acceptors (Lipinski definition) is 4. The van der Waals surface area contributed by atoms with Crippen LogP contribution in [-0.4, -0.2) is 35.8 Å². The molecule has 88 valence electrons. The maximum atomic E-state index is 10.4. The monoisotopic (exact) mass is 217 g/mol. The standard InChI is InChI=1S/C9H19N3O3/c1-6(2)15-9(11)12-5-3-4-7(10)8(13)14/h6-7H,3-5,10H2,1-2H3,(H2,11,12)(H,13,14)/t7-/m0/s1. The minimum Gasteiger partial charge on any atom is -0.480 e. The van der Waals surface area contributed by atoms with Crippen molar-refractivity contribution in [1.29, 1.82) is 0 Å². The molecule has 1 atom stereocenters. The summed E-state index contributed by atoms with van der Waals surface area (Å²) in [6, 6.07) is -0.693. The topological polar surface area (TPSA) is 111 Å². The smallest absolute Gasteiger partial charge is 0.320 e. The lowest BCUT2D eigenvalue weighted by atomic mass is 10.2. The highest BCUT2D eigenvalue weighted by Gasteiger charge is 2.09. The van der Waals surface area contributed by atoms with Gasteiger partial charge in [-0.1, -0.05) is 0 Å². The predicted molar refractivity (Wildman–Crippen MR) is 57.6 cm³/mol. The van der Waals surface area contributed by atoms with Gasteiger partial charge < -0.3 is 21.3 Å². The van der Waals surface area contributed by atoms with E-state index in [2.05, 4.69) is 4.99 Å². The van der Waals surface area contributed by atoms with E-state index in [4.69, 9.17) is 21.3 Å². The van der Waals surface area contributed by atoms with E-state index in [1.807, 2.05) is 13.8 Å². The highest BCUT2D eigenvalue weighted by Crippen LogP contribution is 1.96. The van der Waals surface area contributed by atoms with Crippen LogP contribution < -0.4 is 11.5 Å². The minimum atomic E-state index is -0.995. The molecule has 0 aromatic rings. The molecule has 6 heteroatoms. The van der Waals surface area contributed by atoms with Crippen LogP contribution in [0.1, 0.15) is 26.7 Å². The van der Waals surface area contributed by atoms with Crippen molar-refractivity contribution < 1.29 is 14.6 Å². The van der Waals surface area contributed by atoms with E-state index < -0.39 is 12.0 Å². The lowest BCUT2D eigenvalue weighted by Crippen LogP contribution is -2.30. The zero-order valence-electron chi connectivity index (χ0n) is 9.14.